The maximum Gasteiger partial charge on any atom is 0.336 e. The molecule has 2 aromatic rings. The Morgan fingerprint density at radius 2 is 2.04 bits per heavy atom. The van der Waals surface area contributed by atoms with Crippen LogP contribution in [0.25, 0.3) is 11.0 Å². The number of benzene rings is 1. The van der Waals surface area contributed by atoms with E-state index in [4.69, 9.17) is 9.15 Å². The summed E-state index contributed by atoms with van der Waals surface area (Å²) < 4.78 is 10.6. The van der Waals surface area contributed by atoms with Crippen molar-refractivity contribution in [1.82, 2.24) is 4.90 Å². The number of rotatable bonds is 6. The van der Waals surface area contributed by atoms with Crippen LogP contribution in [0.3, 0.4) is 0 Å². The Morgan fingerprint density at radius 3 is 2.72 bits per heavy atom. The van der Waals surface area contributed by atoms with Gasteiger partial charge in [0.2, 0.25) is 0 Å². The zero-order chi connectivity index (χ0) is 17.8. The van der Waals surface area contributed by atoms with Crippen molar-refractivity contribution in [3.05, 3.63) is 40.2 Å². The molecule has 0 spiro atoms. The number of methoxy groups -OCH3 is 1. The van der Waals surface area contributed by atoms with Crippen molar-refractivity contribution in [3.8, 4) is 5.75 Å². The zero-order valence-electron chi connectivity index (χ0n) is 15.0. The molecule has 5 nitrogen and oxygen atoms in total. The van der Waals surface area contributed by atoms with Gasteiger partial charge in [0.15, 0.2) is 0 Å². The summed E-state index contributed by atoms with van der Waals surface area (Å²) in [5, 5.41) is 10.9. The number of hydrogen-bond acceptors (Lipinski definition) is 5. The Bertz CT molecular complexity index is 762. The Hall–Kier alpha value is -1.85. The summed E-state index contributed by atoms with van der Waals surface area (Å²) >= 11 is 0. The number of aliphatic hydroxyl groups excluding tert-OH is 1. The van der Waals surface area contributed by atoms with Crippen LogP contribution in [0.15, 0.2) is 33.5 Å². The van der Waals surface area contributed by atoms with Gasteiger partial charge < -0.3 is 14.3 Å². The molecule has 1 fully saturated rings. The Balaban J connectivity index is 1.93. The molecule has 1 N–H and O–H groups in total. The van der Waals surface area contributed by atoms with Gasteiger partial charge in [-0.2, -0.15) is 0 Å². The van der Waals surface area contributed by atoms with Crippen molar-refractivity contribution in [2.45, 2.75) is 57.7 Å². The summed E-state index contributed by atoms with van der Waals surface area (Å²) in [5.41, 5.74) is 1.14. The molecule has 0 aliphatic heterocycles. The third-order valence-electron chi connectivity index (χ3n) is 5.00. The second kappa shape index (κ2) is 8.02. The second-order valence-electron chi connectivity index (χ2n) is 7.02. The van der Waals surface area contributed by atoms with E-state index >= 15 is 0 Å². The molecule has 1 aromatic heterocycles. The quantitative estimate of drug-likeness (QED) is 0.814. The maximum absolute atomic E-state index is 12.0. The highest BCUT2D eigenvalue weighted by atomic mass is 16.5. The lowest BCUT2D eigenvalue weighted by atomic mass is 9.93. The van der Waals surface area contributed by atoms with Crippen molar-refractivity contribution >= 4 is 11.0 Å². The molecule has 1 atom stereocenters. The lowest BCUT2D eigenvalue weighted by Gasteiger charge is -2.35. The minimum absolute atomic E-state index is 0.351. The van der Waals surface area contributed by atoms with E-state index in [9.17, 15) is 9.90 Å². The van der Waals surface area contributed by atoms with Crippen molar-refractivity contribution in [2.24, 2.45) is 0 Å². The van der Waals surface area contributed by atoms with Crippen LogP contribution in [0.2, 0.25) is 0 Å². The lowest BCUT2D eigenvalue weighted by Crippen LogP contribution is -2.40. The highest BCUT2D eigenvalue weighted by molar-refractivity contribution is 5.81. The van der Waals surface area contributed by atoms with Gasteiger partial charge in [0.05, 0.1) is 13.2 Å². The Labute approximate surface area is 148 Å². The summed E-state index contributed by atoms with van der Waals surface area (Å²) in [6.07, 6.45) is 5.66. The molecular weight excluding hydrogens is 318 g/mol. The second-order valence-corrected chi connectivity index (χ2v) is 7.02. The van der Waals surface area contributed by atoms with E-state index in [0.717, 1.165) is 23.8 Å². The molecule has 1 aliphatic rings. The zero-order valence-corrected chi connectivity index (χ0v) is 15.0. The van der Waals surface area contributed by atoms with Crippen LogP contribution in [0.1, 0.15) is 44.6 Å². The molecule has 136 valence electrons. The molecule has 3 rings (SSSR count). The van der Waals surface area contributed by atoms with Crippen LogP contribution in [0, 0.1) is 0 Å². The first-order valence-electron chi connectivity index (χ1n) is 9.09. The van der Waals surface area contributed by atoms with Gasteiger partial charge in [-0.25, -0.2) is 4.79 Å². The van der Waals surface area contributed by atoms with Gasteiger partial charge >= 0.3 is 5.63 Å². The van der Waals surface area contributed by atoms with E-state index < -0.39 is 6.10 Å². The van der Waals surface area contributed by atoms with Crippen molar-refractivity contribution in [2.75, 3.05) is 13.7 Å². The molecule has 1 heterocycles. The molecule has 1 aliphatic carbocycles. The van der Waals surface area contributed by atoms with E-state index in [1.54, 1.807) is 19.2 Å². The van der Waals surface area contributed by atoms with Crippen molar-refractivity contribution in [3.63, 3.8) is 0 Å². The number of aliphatic hydroxyl groups is 1. The van der Waals surface area contributed by atoms with Crippen LogP contribution in [-0.4, -0.2) is 35.8 Å². The molecule has 25 heavy (non-hydrogen) atoms. The van der Waals surface area contributed by atoms with E-state index in [0.29, 0.717) is 30.5 Å². The number of hydrogen-bond donors (Lipinski definition) is 1. The third kappa shape index (κ3) is 4.41. The largest absolute Gasteiger partial charge is 0.497 e. The van der Waals surface area contributed by atoms with Gasteiger partial charge in [-0.15, -0.1) is 0 Å². The first kappa shape index (κ1) is 18.0. The fourth-order valence-corrected chi connectivity index (χ4v) is 3.82. The minimum atomic E-state index is -0.395. The van der Waals surface area contributed by atoms with Gasteiger partial charge in [-0.1, -0.05) is 19.3 Å². The molecule has 1 unspecified atom stereocenters. The summed E-state index contributed by atoms with van der Waals surface area (Å²) in [7, 11) is 1.59. The Kier molecular flexibility index (Phi) is 5.76. The molecule has 1 aromatic carbocycles. The average molecular weight is 345 g/mol. The number of fused-ring (bicyclic) bond motifs is 1. The minimum Gasteiger partial charge on any atom is -0.497 e. The molecule has 0 amide bonds. The lowest BCUT2D eigenvalue weighted by molar-refractivity contribution is 0.0771. The molecule has 0 bridgehead atoms. The van der Waals surface area contributed by atoms with E-state index in [1.807, 2.05) is 19.1 Å². The smallest absolute Gasteiger partial charge is 0.336 e. The first-order chi connectivity index (χ1) is 12.1. The molecule has 0 radical (unpaired) electrons. The van der Waals surface area contributed by atoms with Crippen LogP contribution in [0.4, 0.5) is 0 Å². The highest BCUT2D eigenvalue weighted by Gasteiger charge is 2.23. The van der Waals surface area contributed by atoms with E-state index in [-0.39, 0.29) is 5.63 Å². The summed E-state index contributed by atoms with van der Waals surface area (Å²) in [6, 6.07) is 7.61. The molecule has 0 saturated heterocycles. The standard InChI is InChI=1S/C20H27NO4/c1-14(22)12-21(16-6-4-3-5-7-16)13-15-10-20(23)25-19-11-17(24-2)8-9-18(15)19/h8-11,14,16,22H,3-7,12-13H2,1-2H3. The number of ether oxygens (including phenoxy) is 1. The third-order valence-corrected chi connectivity index (χ3v) is 5.00. The molecule has 5 heteroatoms. The number of nitrogens with zero attached hydrogens (tertiary/aromatic N) is 1. The fraction of sp³-hybridized carbons (Fsp3) is 0.550. The Morgan fingerprint density at radius 1 is 1.28 bits per heavy atom. The monoisotopic (exact) mass is 345 g/mol. The first-order valence-corrected chi connectivity index (χ1v) is 9.09. The van der Waals surface area contributed by atoms with Gasteiger partial charge in [0.25, 0.3) is 0 Å². The van der Waals surface area contributed by atoms with Crippen LogP contribution in [-0.2, 0) is 6.54 Å². The normalized spacial score (nSPS) is 17.1. The van der Waals surface area contributed by atoms with Gasteiger partial charge in [-0.05, 0) is 37.5 Å². The van der Waals surface area contributed by atoms with Crippen LogP contribution in [0.5, 0.6) is 5.75 Å². The fourth-order valence-electron chi connectivity index (χ4n) is 3.82. The van der Waals surface area contributed by atoms with E-state index in [2.05, 4.69) is 4.90 Å². The molecule has 1 saturated carbocycles. The average Bonchev–Trinajstić information content (AvgIpc) is 2.60. The van der Waals surface area contributed by atoms with Crippen LogP contribution < -0.4 is 10.4 Å². The van der Waals surface area contributed by atoms with Crippen LogP contribution >= 0.6 is 0 Å². The SMILES string of the molecule is COc1ccc2c(CN(CC(C)O)C3CCCCC3)cc(=O)oc2c1. The maximum atomic E-state index is 12.0. The van der Waals surface area contributed by atoms with Gasteiger partial charge in [0.1, 0.15) is 11.3 Å². The van der Waals surface area contributed by atoms with Gasteiger partial charge in [-0.3, -0.25) is 4.90 Å². The summed E-state index contributed by atoms with van der Waals surface area (Å²) in [6.45, 7) is 3.07. The summed E-state index contributed by atoms with van der Waals surface area (Å²) in [4.78, 5) is 14.3. The van der Waals surface area contributed by atoms with Crippen molar-refractivity contribution < 1.29 is 14.3 Å². The summed E-state index contributed by atoms with van der Waals surface area (Å²) in [5.74, 6) is 0.668. The topological polar surface area (TPSA) is 62.9 Å². The van der Waals surface area contributed by atoms with E-state index in [1.165, 1.54) is 19.3 Å². The van der Waals surface area contributed by atoms with Crippen molar-refractivity contribution in [1.29, 1.82) is 0 Å². The predicted molar refractivity (Wildman–Crippen MR) is 98.0 cm³/mol. The predicted octanol–water partition coefficient (Wildman–Crippen LogP) is 3.32. The molecular formula is C20H27NO4. The highest BCUT2D eigenvalue weighted by Crippen LogP contribution is 2.27. The van der Waals surface area contributed by atoms with Gasteiger partial charge in [0, 0.05) is 36.7 Å².